The number of rotatable bonds is 3. The van der Waals surface area contributed by atoms with Crippen molar-refractivity contribution in [1.82, 2.24) is 0 Å². The van der Waals surface area contributed by atoms with E-state index in [1.54, 1.807) is 7.11 Å². The van der Waals surface area contributed by atoms with Crippen LogP contribution in [0.4, 0.5) is 0 Å². The van der Waals surface area contributed by atoms with E-state index in [0.29, 0.717) is 12.5 Å². The van der Waals surface area contributed by atoms with Gasteiger partial charge < -0.3 is 9.84 Å². The molecule has 0 bridgehead atoms. The summed E-state index contributed by atoms with van der Waals surface area (Å²) in [6.45, 7) is 1.28. The number of aliphatic hydroxyl groups excluding tert-OH is 1. The summed E-state index contributed by atoms with van der Waals surface area (Å²) in [6.07, 6.45) is 4.84. The van der Waals surface area contributed by atoms with Crippen molar-refractivity contribution in [3.63, 3.8) is 0 Å². The summed E-state index contributed by atoms with van der Waals surface area (Å²) < 4.78 is 5.09. The van der Waals surface area contributed by atoms with E-state index in [1.807, 2.05) is 0 Å². The van der Waals surface area contributed by atoms with Gasteiger partial charge in [0, 0.05) is 49.9 Å². The van der Waals surface area contributed by atoms with Gasteiger partial charge in [-0.2, -0.15) is 0 Å². The summed E-state index contributed by atoms with van der Waals surface area (Å²) in [5, 5.41) is 8.88. The molecule has 0 aromatic carbocycles. The van der Waals surface area contributed by atoms with E-state index in [2.05, 4.69) is 0 Å². The summed E-state index contributed by atoms with van der Waals surface area (Å²) in [5.41, 5.74) is 0. The minimum absolute atomic E-state index is 0. The Balaban J connectivity index is 0.00000121. The summed E-state index contributed by atoms with van der Waals surface area (Å²) >= 11 is 0. The first-order chi connectivity index (χ1) is 5.36. The van der Waals surface area contributed by atoms with Crippen LogP contribution in [-0.2, 0) is 4.74 Å². The largest absolute Gasteiger partial charge is 0.396 e. The smallest absolute Gasteiger partial charge is 0.0490 e. The molecular weight excluding hydrogens is 163 g/mol. The maximum Gasteiger partial charge on any atom is 0.0490 e. The molecule has 1 saturated carbocycles. The molecule has 0 aromatic heterocycles. The Morgan fingerprint density at radius 3 is 2.08 bits per heavy atom. The maximum absolute atomic E-state index is 8.88. The monoisotopic (exact) mass is 181 g/mol. The Morgan fingerprint density at radius 2 is 1.67 bits per heavy atom. The topological polar surface area (TPSA) is 29.5 Å². The van der Waals surface area contributed by atoms with Crippen LogP contribution in [0, 0.1) is 11.8 Å². The molecule has 67 valence electrons. The quantitative estimate of drug-likeness (QED) is 0.659. The number of hydrogen-bond acceptors (Lipinski definition) is 2. The zero-order valence-corrected chi connectivity index (χ0v) is 10.3. The van der Waals surface area contributed by atoms with Crippen molar-refractivity contribution < 1.29 is 9.84 Å². The van der Waals surface area contributed by atoms with Crippen LogP contribution < -0.4 is 0 Å². The van der Waals surface area contributed by atoms with E-state index in [4.69, 9.17) is 9.84 Å². The second-order valence-electron chi connectivity index (χ2n) is 3.52. The van der Waals surface area contributed by atoms with Crippen LogP contribution in [0.1, 0.15) is 25.7 Å². The van der Waals surface area contributed by atoms with Crippen LogP contribution in [0.15, 0.2) is 0 Å². The molecule has 0 amide bonds. The average Bonchev–Trinajstić information content (AvgIpc) is 2.07. The first-order valence-electron chi connectivity index (χ1n) is 4.46. The molecule has 3 heteroatoms. The molecule has 12 heavy (non-hydrogen) atoms. The minimum Gasteiger partial charge on any atom is -0.396 e. The fourth-order valence-corrected chi connectivity index (χ4v) is 1.82. The zero-order valence-electron chi connectivity index (χ0n) is 8.25. The molecule has 0 aromatic rings. The van der Waals surface area contributed by atoms with Crippen molar-refractivity contribution in [2.75, 3.05) is 20.3 Å². The standard InChI is InChI=1S/C9H18O2.Na/c1-11-7-9-4-2-8(6-10)3-5-9;/h8-10H,2-7H2,1H3;. The van der Waals surface area contributed by atoms with Crippen LogP contribution in [0.5, 0.6) is 0 Å². The van der Waals surface area contributed by atoms with E-state index in [1.165, 1.54) is 25.7 Å². The molecule has 1 aliphatic rings. The van der Waals surface area contributed by atoms with Gasteiger partial charge in [0.25, 0.3) is 0 Å². The summed E-state index contributed by atoms with van der Waals surface area (Å²) in [4.78, 5) is 0. The third kappa shape index (κ3) is 4.24. The van der Waals surface area contributed by atoms with Gasteiger partial charge in [-0.1, -0.05) is 0 Å². The van der Waals surface area contributed by atoms with Crippen LogP contribution >= 0.6 is 0 Å². The second-order valence-corrected chi connectivity index (χ2v) is 3.52. The fraction of sp³-hybridized carbons (Fsp3) is 1.00. The Kier molecular flexibility index (Phi) is 7.90. The number of hydrogen-bond donors (Lipinski definition) is 1. The SMILES string of the molecule is COCC1CCC(CO)CC1.[Na]. The number of aliphatic hydroxyl groups is 1. The molecule has 0 atom stereocenters. The van der Waals surface area contributed by atoms with Crippen LogP contribution in [0.2, 0.25) is 0 Å². The third-order valence-corrected chi connectivity index (χ3v) is 2.63. The van der Waals surface area contributed by atoms with Gasteiger partial charge in [0.05, 0.1) is 0 Å². The fourth-order valence-electron chi connectivity index (χ4n) is 1.82. The predicted molar refractivity (Wildman–Crippen MR) is 50.2 cm³/mol. The Bertz CT molecular complexity index is 101. The Labute approximate surface area is 97.0 Å². The summed E-state index contributed by atoms with van der Waals surface area (Å²) in [5.74, 6) is 1.32. The summed E-state index contributed by atoms with van der Waals surface area (Å²) in [6, 6.07) is 0. The van der Waals surface area contributed by atoms with Crippen LogP contribution in [0.3, 0.4) is 0 Å². The van der Waals surface area contributed by atoms with Crippen LogP contribution in [0.25, 0.3) is 0 Å². The Morgan fingerprint density at radius 1 is 1.17 bits per heavy atom. The molecule has 0 saturated heterocycles. The molecule has 1 rings (SSSR count). The first-order valence-corrected chi connectivity index (χ1v) is 4.46. The zero-order chi connectivity index (χ0) is 8.10. The number of methoxy groups -OCH3 is 1. The average molecular weight is 181 g/mol. The van der Waals surface area contributed by atoms with Crippen molar-refractivity contribution in [2.24, 2.45) is 11.8 Å². The van der Waals surface area contributed by atoms with E-state index in [9.17, 15) is 0 Å². The molecule has 1 aliphatic carbocycles. The van der Waals surface area contributed by atoms with E-state index >= 15 is 0 Å². The molecular formula is C9H18NaO2. The van der Waals surface area contributed by atoms with Gasteiger partial charge in [0.2, 0.25) is 0 Å². The number of ether oxygens (including phenoxy) is 1. The molecule has 2 nitrogen and oxygen atoms in total. The minimum atomic E-state index is 0. The van der Waals surface area contributed by atoms with Crippen molar-refractivity contribution in [3.8, 4) is 0 Å². The maximum atomic E-state index is 8.88. The van der Waals surface area contributed by atoms with E-state index < -0.39 is 0 Å². The molecule has 1 fully saturated rings. The van der Waals surface area contributed by atoms with Gasteiger partial charge in [-0.25, -0.2) is 0 Å². The molecule has 0 spiro atoms. The van der Waals surface area contributed by atoms with Gasteiger partial charge in [-0.3, -0.25) is 0 Å². The molecule has 0 heterocycles. The van der Waals surface area contributed by atoms with Gasteiger partial charge in [0.1, 0.15) is 0 Å². The van der Waals surface area contributed by atoms with E-state index in [-0.39, 0.29) is 29.6 Å². The van der Waals surface area contributed by atoms with Gasteiger partial charge in [-0.15, -0.1) is 0 Å². The van der Waals surface area contributed by atoms with Gasteiger partial charge >= 0.3 is 0 Å². The van der Waals surface area contributed by atoms with Gasteiger partial charge in [0.15, 0.2) is 0 Å². The van der Waals surface area contributed by atoms with Crippen molar-refractivity contribution >= 4 is 29.6 Å². The molecule has 1 radical (unpaired) electrons. The van der Waals surface area contributed by atoms with Crippen LogP contribution in [-0.4, -0.2) is 55.0 Å². The second kappa shape index (κ2) is 7.34. The summed E-state index contributed by atoms with van der Waals surface area (Å²) in [7, 11) is 1.76. The first kappa shape index (κ1) is 12.9. The third-order valence-electron chi connectivity index (χ3n) is 2.63. The van der Waals surface area contributed by atoms with Crippen molar-refractivity contribution in [3.05, 3.63) is 0 Å². The van der Waals surface area contributed by atoms with E-state index in [0.717, 1.165) is 12.5 Å². The molecule has 0 unspecified atom stereocenters. The normalized spacial score (nSPS) is 29.5. The Hall–Kier alpha value is 0.920. The molecule has 0 aliphatic heterocycles. The predicted octanol–water partition coefficient (Wildman–Crippen LogP) is 1.05. The van der Waals surface area contributed by atoms with Crippen molar-refractivity contribution in [1.29, 1.82) is 0 Å². The van der Waals surface area contributed by atoms with Crippen molar-refractivity contribution in [2.45, 2.75) is 25.7 Å². The molecule has 1 N–H and O–H groups in total. The van der Waals surface area contributed by atoms with Gasteiger partial charge in [-0.05, 0) is 37.5 Å².